The fourth-order valence-electron chi connectivity index (χ4n) is 1.97. The summed E-state index contributed by atoms with van der Waals surface area (Å²) < 4.78 is 52.5. The molecule has 18 heavy (non-hydrogen) atoms. The van der Waals surface area contributed by atoms with Crippen LogP contribution in [0, 0.1) is 17.6 Å². The minimum atomic E-state index is -4.12. The number of rotatable bonds is 4. The third-order valence-corrected chi connectivity index (χ3v) is 5.43. The van der Waals surface area contributed by atoms with Crippen molar-refractivity contribution >= 4 is 10.0 Å². The van der Waals surface area contributed by atoms with Gasteiger partial charge in [0.25, 0.3) is 0 Å². The zero-order valence-corrected chi connectivity index (χ0v) is 11.0. The van der Waals surface area contributed by atoms with Crippen molar-refractivity contribution in [3.05, 3.63) is 29.8 Å². The van der Waals surface area contributed by atoms with Crippen molar-refractivity contribution in [3.63, 3.8) is 0 Å². The summed E-state index contributed by atoms with van der Waals surface area (Å²) in [6.45, 7) is 1.76. The highest BCUT2D eigenvalue weighted by molar-refractivity contribution is 7.89. The Balaban J connectivity index is 2.41. The second-order valence-corrected chi connectivity index (χ2v) is 6.58. The lowest BCUT2D eigenvalue weighted by Crippen LogP contribution is -2.37. The molecule has 3 nitrogen and oxygen atoms in total. The van der Waals surface area contributed by atoms with Crippen molar-refractivity contribution in [1.82, 2.24) is 4.31 Å². The van der Waals surface area contributed by atoms with Crippen LogP contribution in [-0.2, 0) is 10.0 Å². The van der Waals surface area contributed by atoms with Gasteiger partial charge in [0.1, 0.15) is 11.6 Å². The summed E-state index contributed by atoms with van der Waals surface area (Å²) >= 11 is 0. The van der Waals surface area contributed by atoms with Crippen molar-refractivity contribution in [2.75, 3.05) is 7.05 Å². The molecule has 0 amide bonds. The number of halogens is 2. The topological polar surface area (TPSA) is 37.4 Å². The molecule has 1 aromatic rings. The van der Waals surface area contributed by atoms with Gasteiger partial charge in [-0.3, -0.25) is 0 Å². The van der Waals surface area contributed by atoms with E-state index in [4.69, 9.17) is 0 Å². The molecule has 6 heteroatoms. The van der Waals surface area contributed by atoms with Gasteiger partial charge in [-0.2, -0.15) is 4.31 Å². The number of hydrogen-bond donors (Lipinski definition) is 0. The number of hydrogen-bond acceptors (Lipinski definition) is 2. The van der Waals surface area contributed by atoms with E-state index in [1.807, 2.05) is 0 Å². The maximum atomic E-state index is 13.5. The summed E-state index contributed by atoms with van der Waals surface area (Å²) in [6, 6.07) is 2.81. The van der Waals surface area contributed by atoms with Crippen molar-refractivity contribution in [2.24, 2.45) is 5.92 Å². The van der Waals surface area contributed by atoms with E-state index in [-0.39, 0.29) is 6.04 Å². The molecule has 1 aliphatic rings. The predicted molar refractivity (Wildman–Crippen MR) is 63.5 cm³/mol. The van der Waals surface area contributed by atoms with Gasteiger partial charge in [-0.05, 0) is 37.8 Å². The van der Waals surface area contributed by atoms with Gasteiger partial charge in [0, 0.05) is 13.1 Å². The van der Waals surface area contributed by atoms with E-state index in [0.717, 1.165) is 35.3 Å². The second-order valence-electron chi connectivity index (χ2n) is 4.65. The van der Waals surface area contributed by atoms with Gasteiger partial charge in [-0.15, -0.1) is 0 Å². The van der Waals surface area contributed by atoms with Gasteiger partial charge < -0.3 is 0 Å². The number of sulfonamides is 1. The molecule has 1 atom stereocenters. The molecule has 0 N–H and O–H groups in total. The van der Waals surface area contributed by atoms with Crippen LogP contribution in [0.5, 0.6) is 0 Å². The minimum absolute atomic E-state index is 0.242. The van der Waals surface area contributed by atoms with E-state index in [1.54, 1.807) is 6.92 Å². The van der Waals surface area contributed by atoms with Gasteiger partial charge in [-0.25, -0.2) is 17.2 Å². The van der Waals surface area contributed by atoms with Gasteiger partial charge in [0.2, 0.25) is 10.0 Å². The standard InChI is InChI=1S/C12H15F2NO2S/c1-8(9-6-7-9)15(2)18(16,17)12-10(13)4-3-5-11(12)14/h3-5,8-9H,6-7H2,1-2H3/t8-/m0/s1. The molecule has 0 unspecified atom stereocenters. The first kappa shape index (κ1) is 13.4. The lowest BCUT2D eigenvalue weighted by Gasteiger charge is -2.24. The maximum absolute atomic E-state index is 13.5. The largest absolute Gasteiger partial charge is 0.248 e. The second kappa shape index (κ2) is 4.59. The Bertz CT molecular complexity index is 535. The van der Waals surface area contributed by atoms with E-state index >= 15 is 0 Å². The van der Waals surface area contributed by atoms with Gasteiger partial charge >= 0.3 is 0 Å². The van der Waals surface area contributed by atoms with Crippen LogP contribution in [-0.4, -0.2) is 25.8 Å². The average molecular weight is 275 g/mol. The maximum Gasteiger partial charge on any atom is 0.248 e. The molecule has 0 saturated heterocycles. The zero-order chi connectivity index (χ0) is 13.5. The first-order chi connectivity index (χ1) is 8.35. The highest BCUT2D eigenvalue weighted by Crippen LogP contribution is 2.36. The van der Waals surface area contributed by atoms with Crippen LogP contribution >= 0.6 is 0 Å². The molecule has 0 radical (unpaired) electrons. The Kier molecular flexibility index (Phi) is 3.42. The summed E-state index contributed by atoms with van der Waals surface area (Å²) in [4.78, 5) is -0.861. The smallest absolute Gasteiger partial charge is 0.207 e. The van der Waals surface area contributed by atoms with Gasteiger partial charge in [0.15, 0.2) is 4.90 Å². The fourth-order valence-corrected chi connectivity index (χ4v) is 3.49. The van der Waals surface area contributed by atoms with Crippen molar-refractivity contribution in [3.8, 4) is 0 Å². The Morgan fingerprint density at radius 3 is 2.22 bits per heavy atom. The Morgan fingerprint density at radius 2 is 1.78 bits per heavy atom. The Hall–Kier alpha value is -1.01. The fraction of sp³-hybridized carbons (Fsp3) is 0.500. The normalized spacial score (nSPS) is 18.1. The van der Waals surface area contributed by atoms with Gasteiger partial charge in [0.05, 0.1) is 0 Å². The van der Waals surface area contributed by atoms with Crippen LogP contribution in [0.25, 0.3) is 0 Å². The molecule has 1 aliphatic carbocycles. The third kappa shape index (κ3) is 2.27. The van der Waals surface area contributed by atoms with E-state index in [1.165, 1.54) is 7.05 Å². The molecule has 0 aromatic heterocycles. The molecular formula is C12H15F2NO2S. The summed E-state index contributed by atoms with van der Waals surface area (Å²) in [5.74, 6) is -1.81. The summed E-state index contributed by atoms with van der Waals surface area (Å²) in [5.41, 5.74) is 0. The highest BCUT2D eigenvalue weighted by Gasteiger charge is 2.38. The lowest BCUT2D eigenvalue weighted by atomic mass is 10.2. The molecule has 1 aromatic carbocycles. The summed E-state index contributed by atoms with van der Waals surface area (Å²) in [5, 5.41) is 0. The molecule has 0 heterocycles. The van der Waals surface area contributed by atoms with E-state index in [9.17, 15) is 17.2 Å². The first-order valence-electron chi connectivity index (χ1n) is 5.77. The van der Waals surface area contributed by atoms with Crippen LogP contribution in [0.3, 0.4) is 0 Å². The molecule has 100 valence electrons. The molecular weight excluding hydrogens is 260 g/mol. The molecule has 1 fully saturated rings. The Morgan fingerprint density at radius 1 is 1.28 bits per heavy atom. The van der Waals surface area contributed by atoms with Crippen molar-refractivity contribution < 1.29 is 17.2 Å². The zero-order valence-electron chi connectivity index (χ0n) is 10.2. The monoisotopic (exact) mass is 275 g/mol. The van der Waals surface area contributed by atoms with Crippen LogP contribution in [0.4, 0.5) is 8.78 Å². The van der Waals surface area contributed by atoms with Gasteiger partial charge in [-0.1, -0.05) is 6.07 Å². The molecule has 0 bridgehead atoms. The molecule has 0 spiro atoms. The van der Waals surface area contributed by atoms with Crippen LogP contribution in [0.1, 0.15) is 19.8 Å². The molecule has 0 aliphatic heterocycles. The first-order valence-corrected chi connectivity index (χ1v) is 7.21. The lowest BCUT2D eigenvalue weighted by molar-refractivity contribution is 0.352. The van der Waals surface area contributed by atoms with Crippen LogP contribution < -0.4 is 0 Å². The average Bonchev–Trinajstić information content (AvgIpc) is 3.10. The number of nitrogens with zero attached hydrogens (tertiary/aromatic N) is 1. The van der Waals surface area contributed by atoms with Crippen molar-refractivity contribution in [2.45, 2.75) is 30.7 Å². The van der Waals surface area contributed by atoms with Crippen LogP contribution in [0.15, 0.2) is 23.1 Å². The third-order valence-electron chi connectivity index (χ3n) is 3.43. The Labute approximate surface area is 105 Å². The summed E-state index contributed by atoms with van der Waals surface area (Å²) in [6.07, 6.45) is 1.92. The quantitative estimate of drug-likeness (QED) is 0.846. The van der Waals surface area contributed by atoms with Crippen LogP contribution in [0.2, 0.25) is 0 Å². The van der Waals surface area contributed by atoms with E-state index in [0.29, 0.717) is 5.92 Å². The van der Waals surface area contributed by atoms with E-state index < -0.39 is 26.6 Å². The highest BCUT2D eigenvalue weighted by atomic mass is 32.2. The predicted octanol–water partition coefficient (Wildman–Crippen LogP) is 2.38. The van der Waals surface area contributed by atoms with E-state index in [2.05, 4.69) is 0 Å². The summed E-state index contributed by atoms with van der Waals surface area (Å²) in [7, 11) is -2.76. The molecule has 2 rings (SSSR count). The SMILES string of the molecule is C[C@@H](C1CC1)N(C)S(=O)(=O)c1c(F)cccc1F. The molecule has 1 saturated carbocycles. The minimum Gasteiger partial charge on any atom is -0.207 e. The number of benzene rings is 1. The van der Waals surface area contributed by atoms with Crippen molar-refractivity contribution in [1.29, 1.82) is 0 Å².